The number of carbonyl (C=O) groups is 1. The third-order valence-corrected chi connectivity index (χ3v) is 4.85. The Kier molecular flexibility index (Phi) is 6.12. The molecule has 2 aromatic rings. The van der Waals surface area contributed by atoms with Gasteiger partial charge >= 0.3 is 0 Å². The first kappa shape index (κ1) is 18.3. The molecule has 0 saturated carbocycles. The summed E-state index contributed by atoms with van der Waals surface area (Å²) in [6.45, 7) is 3.62. The van der Waals surface area contributed by atoms with Crippen LogP contribution in [0, 0.1) is 0 Å². The number of hydrogen-bond acceptors (Lipinski definition) is 4. The largest absolute Gasteiger partial charge is 0.507 e. The molecule has 0 atom stereocenters. The first-order valence-electron chi connectivity index (χ1n) is 9.11. The van der Waals surface area contributed by atoms with Gasteiger partial charge in [0.15, 0.2) is 0 Å². The number of carbonyl (C=O) groups excluding carboxylic acids is 1. The van der Waals surface area contributed by atoms with Crippen molar-refractivity contribution in [2.45, 2.75) is 32.4 Å². The SMILES string of the molecule is COc1ccc(O)c(C(=O)NCc2ccccc2CN2CCCCC2)c1. The number of nitrogens with zero attached hydrogens (tertiary/aromatic N) is 1. The molecule has 1 heterocycles. The van der Waals surface area contributed by atoms with E-state index in [1.165, 1.54) is 38.0 Å². The monoisotopic (exact) mass is 354 g/mol. The minimum Gasteiger partial charge on any atom is -0.507 e. The number of likely N-dealkylation sites (tertiary alicyclic amines) is 1. The van der Waals surface area contributed by atoms with Gasteiger partial charge < -0.3 is 15.2 Å². The molecular weight excluding hydrogens is 328 g/mol. The molecule has 0 radical (unpaired) electrons. The molecule has 2 N–H and O–H groups in total. The van der Waals surface area contributed by atoms with Crippen molar-refractivity contribution < 1.29 is 14.6 Å². The highest BCUT2D eigenvalue weighted by Crippen LogP contribution is 2.23. The number of benzene rings is 2. The van der Waals surface area contributed by atoms with Gasteiger partial charge in [0, 0.05) is 13.1 Å². The maximum atomic E-state index is 12.5. The summed E-state index contributed by atoms with van der Waals surface area (Å²) in [5.41, 5.74) is 2.57. The zero-order valence-corrected chi connectivity index (χ0v) is 15.2. The van der Waals surface area contributed by atoms with Gasteiger partial charge in [-0.15, -0.1) is 0 Å². The second-order valence-electron chi connectivity index (χ2n) is 6.67. The van der Waals surface area contributed by atoms with E-state index < -0.39 is 0 Å². The second-order valence-corrected chi connectivity index (χ2v) is 6.67. The number of piperidine rings is 1. The maximum absolute atomic E-state index is 12.5. The summed E-state index contributed by atoms with van der Waals surface area (Å²) in [5, 5.41) is 12.9. The summed E-state index contributed by atoms with van der Waals surface area (Å²) < 4.78 is 5.13. The number of nitrogens with one attached hydrogen (secondary N) is 1. The summed E-state index contributed by atoms with van der Waals surface area (Å²) in [6.07, 6.45) is 3.83. The first-order chi connectivity index (χ1) is 12.7. The molecule has 26 heavy (non-hydrogen) atoms. The highest BCUT2D eigenvalue weighted by atomic mass is 16.5. The van der Waals surface area contributed by atoms with Crippen molar-refractivity contribution in [1.82, 2.24) is 10.2 Å². The van der Waals surface area contributed by atoms with Gasteiger partial charge in [0.1, 0.15) is 11.5 Å². The minimum absolute atomic E-state index is 0.0510. The number of methoxy groups -OCH3 is 1. The highest BCUT2D eigenvalue weighted by Gasteiger charge is 2.15. The number of ether oxygens (including phenoxy) is 1. The summed E-state index contributed by atoms with van der Waals surface area (Å²) >= 11 is 0. The minimum atomic E-state index is -0.311. The number of aromatic hydroxyl groups is 1. The van der Waals surface area contributed by atoms with Crippen LogP contribution >= 0.6 is 0 Å². The number of phenols is 1. The molecule has 5 heteroatoms. The number of amides is 1. The molecule has 138 valence electrons. The number of rotatable bonds is 6. The Morgan fingerprint density at radius 2 is 1.85 bits per heavy atom. The Labute approximate surface area is 154 Å². The van der Waals surface area contributed by atoms with Crippen LogP contribution in [0.15, 0.2) is 42.5 Å². The van der Waals surface area contributed by atoms with E-state index in [4.69, 9.17) is 4.74 Å². The molecule has 1 aliphatic rings. The van der Waals surface area contributed by atoms with Crippen molar-refractivity contribution in [2.24, 2.45) is 0 Å². The van der Waals surface area contributed by atoms with Crippen LogP contribution in [0.4, 0.5) is 0 Å². The molecule has 3 rings (SSSR count). The third kappa shape index (κ3) is 4.55. The highest BCUT2D eigenvalue weighted by molar-refractivity contribution is 5.97. The Balaban J connectivity index is 1.67. The third-order valence-electron chi connectivity index (χ3n) is 4.85. The predicted octanol–water partition coefficient (Wildman–Crippen LogP) is 3.32. The fourth-order valence-corrected chi connectivity index (χ4v) is 3.34. The van der Waals surface area contributed by atoms with Gasteiger partial charge in [-0.2, -0.15) is 0 Å². The van der Waals surface area contributed by atoms with Crippen molar-refractivity contribution >= 4 is 5.91 Å². The van der Waals surface area contributed by atoms with Gasteiger partial charge in [0.25, 0.3) is 5.91 Å². The Morgan fingerprint density at radius 1 is 1.12 bits per heavy atom. The molecule has 0 aromatic heterocycles. The van der Waals surface area contributed by atoms with Crippen LogP contribution in [-0.4, -0.2) is 36.1 Å². The van der Waals surface area contributed by atoms with Crippen molar-refractivity contribution in [3.63, 3.8) is 0 Å². The van der Waals surface area contributed by atoms with E-state index in [0.29, 0.717) is 12.3 Å². The van der Waals surface area contributed by atoms with Crippen molar-refractivity contribution in [3.8, 4) is 11.5 Å². The molecule has 1 amide bonds. The van der Waals surface area contributed by atoms with Gasteiger partial charge in [0.05, 0.1) is 12.7 Å². The summed E-state index contributed by atoms with van der Waals surface area (Å²) in [4.78, 5) is 14.9. The lowest BCUT2D eigenvalue weighted by Crippen LogP contribution is -2.30. The van der Waals surface area contributed by atoms with Crippen LogP contribution < -0.4 is 10.1 Å². The Hall–Kier alpha value is -2.53. The molecule has 1 aliphatic heterocycles. The lowest BCUT2D eigenvalue weighted by atomic mass is 10.0. The van der Waals surface area contributed by atoms with E-state index in [-0.39, 0.29) is 17.2 Å². The lowest BCUT2D eigenvalue weighted by Gasteiger charge is -2.27. The van der Waals surface area contributed by atoms with Crippen LogP contribution in [0.1, 0.15) is 40.7 Å². The van der Waals surface area contributed by atoms with Gasteiger partial charge in [-0.25, -0.2) is 0 Å². The molecular formula is C21H26N2O3. The topological polar surface area (TPSA) is 61.8 Å². The Morgan fingerprint density at radius 3 is 2.58 bits per heavy atom. The van der Waals surface area contributed by atoms with E-state index in [1.54, 1.807) is 12.1 Å². The van der Waals surface area contributed by atoms with Crippen LogP contribution in [0.3, 0.4) is 0 Å². The number of phenolic OH excluding ortho intramolecular Hbond substituents is 1. The molecule has 1 fully saturated rings. The standard InChI is InChI=1S/C21H26N2O3/c1-26-18-9-10-20(24)19(13-18)21(25)22-14-16-7-3-4-8-17(16)15-23-11-5-2-6-12-23/h3-4,7-10,13,24H,2,5-6,11-12,14-15H2,1H3,(H,22,25). The van der Waals surface area contributed by atoms with Gasteiger partial charge in [-0.1, -0.05) is 30.7 Å². The van der Waals surface area contributed by atoms with Crippen LogP contribution in [0.2, 0.25) is 0 Å². The average molecular weight is 354 g/mol. The van der Waals surface area contributed by atoms with Crippen molar-refractivity contribution in [3.05, 3.63) is 59.2 Å². The van der Waals surface area contributed by atoms with E-state index in [0.717, 1.165) is 25.2 Å². The first-order valence-corrected chi connectivity index (χ1v) is 9.11. The second kappa shape index (κ2) is 8.72. The molecule has 2 aromatic carbocycles. The maximum Gasteiger partial charge on any atom is 0.255 e. The predicted molar refractivity (Wildman–Crippen MR) is 101 cm³/mol. The molecule has 5 nitrogen and oxygen atoms in total. The summed E-state index contributed by atoms with van der Waals surface area (Å²) in [7, 11) is 1.53. The summed E-state index contributed by atoms with van der Waals surface area (Å²) in [5.74, 6) is 0.178. The molecule has 0 bridgehead atoms. The van der Waals surface area contributed by atoms with Crippen LogP contribution in [-0.2, 0) is 13.1 Å². The van der Waals surface area contributed by atoms with E-state index in [9.17, 15) is 9.90 Å². The Bertz CT molecular complexity index is 755. The fourth-order valence-electron chi connectivity index (χ4n) is 3.34. The van der Waals surface area contributed by atoms with Gasteiger partial charge in [0.2, 0.25) is 0 Å². The number of hydrogen-bond donors (Lipinski definition) is 2. The molecule has 0 unspecified atom stereocenters. The summed E-state index contributed by atoms with van der Waals surface area (Å²) in [6, 6.07) is 12.8. The molecule has 0 spiro atoms. The molecule has 0 aliphatic carbocycles. The normalized spacial score (nSPS) is 14.8. The quantitative estimate of drug-likeness (QED) is 0.835. The smallest absolute Gasteiger partial charge is 0.255 e. The lowest BCUT2D eigenvalue weighted by molar-refractivity contribution is 0.0947. The zero-order valence-electron chi connectivity index (χ0n) is 15.2. The van der Waals surface area contributed by atoms with Crippen LogP contribution in [0.25, 0.3) is 0 Å². The van der Waals surface area contributed by atoms with Crippen molar-refractivity contribution in [2.75, 3.05) is 20.2 Å². The molecule has 1 saturated heterocycles. The van der Waals surface area contributed by atoms with Crippen LogP contribution in [0.5, 0.6) is 11.5 Å². The van der Waals surface area contributed by atoms with E-state index in [2.05, 4.69) is 16.3 Å². The zero-order chi connectivity index (χ0) is 18.4. The van der Waals surface area contributed by atoms with E-state index in [1.807, 2.05) is 18.2 Å². The van der Waals surface area contributed by atoms with Gasteiger partial charge in [-0.3, -0.25) is 9.69 Å². The van der Waals surface area contributed by atoms with E-state index >= 15 is 0 Å². The van der Waals surface area contributed by atoms with Crippen molar-refractivity contribution in [1.29, 1.82) is 0 Å². The van der Waals surface area contributed by atoms with Gasteiger partial charge in [-0.05, 0) is 55.3 Å². The average Bonchev–Trinajstić information content (AvgIpc) is 2.68. The fraction of sp³-hybridized carbons (Fsp3) is 0.381.